The number of nitrogens with one attached hydrogen (secondary N) is 1. The number of thioether (sulfide) groups is 1. The summed E-state index contributed by atoms with van der Waals surface area (Å²) in [6.45, 7) is 1.09. The standard InChI is InChI=1S/C21H18FN7OS/c22-16-8-25-19(26-9-16)29-11-15-12-31-20(27-18(30)14-4-2-1-3-5-14)28-21(15,13-29)17-10-23-6-7-24-17/h1-10,15H,11-13H2,(H,27,28,30). The molecule has 1 N–H and O–H groups in total. The number of fused-ring (bicyclic) bond motifs is 1. The van der Waals surface area contributed by atoms with Gasteiger partial charge in [-0.05, 0) is 12.1 Å². The normalized spacial score (nSPS) is 22.5. The van der Waals surface area contributed by atoms with Gasteiger partial charge >= 0.3 is 0 Å². The van der Waals surface area contributed by atoms with Crippen molar-refractivity contribution in [1.82, 2.24) is 25.3 Å². The van der Waals surface area contributed by atoms with E-state index >= 15 is 0 Å². The summed E-state index contributed by atoms with van der Waals surface area (Å²) in [5, 5.41) is 3.47. The second-order valence-corrected chi connectivity index (χ2v) is 8.35. The molecule has 1 aromatic carbocycles. The Labute approximate surface area is 182 Å². The van der Waals surface area contributed by atoms with Crippen LogP contribution in [0.15, 0.2) is 66.3 Å². The van der Waals surface area contributed by atoms with Crippen LogP contribution in [0.4, 0.5) is 10.3 Å². The molecular formula is C21H18FN7OS. The zero-order valence-corrected chi connectivity index (χ0v) is 17.2. The van der Waals surface area contributed by atoms with E-state index in [1.165, 1.54) is 11.8 Å². The lowest BCUT2D eigenvalue weighted by Crippen LogP contribution is -2.43. The molecule has 2 aliphatic heterocycles. The molecule has 156 valence electrons. The summed E-state index contributed by atoms with van der Waals surface area (Å²) in [5.74, 6) is 0.566. The van der Waals surface area contributed by atoms with Gasteiger partial charge in [0.1, 0.15) is 5.54 Å². The minimum absolute atomic E-state index is 0.0974. The number of benzene rings is 1. The fourth-order valence-corrected chi connectivity index (χ4v) is 5.06. The molecule has 1 saturated heterocycles. The van der Waals surface area contributed by atoms with Gasteiger partial charge in [0.15, 0.2) is 11.0 Å². The van der Waals surface area contributed by atoms with E-state index in [0.717, 1.165) is 23.8 Å². The van der Waals surface area contributed by atoms with Crippen LogP contribution in [0.2, 0.25) is 0 Å². The molecule has 2 atom stereocenters. The SMILES string of the molecule is O=C(NC1=NC2(c3cnccn3)CN(c3ncc(F)cn3)CC2CS1)c1ccccc1. The van der Waals surface area contributed by atoms with Gasteiger partial charge in [-0.1, -0.05) is 30.0 Å². The number of carbonyl (C=O) groups excluding carboxylic acids is 1. The maximum Gasteiger partial charge on any atom is 0.257 e. The largest absolute Gasteiger partial charge is 0.338 e. The van der Waals surface area contributed by atoms with Crippen molar-refractivity contribution in [3.63, 3.8) is 0 Å². The van der Waals surface area contributed by atoms with E-state index in [4.69, 9.17) is 4.99 Å². The topological polar surface area (TPSA) is 96.3 Å². The van der Waals surface area contributed by atoms with Crippen molar-refractivity contribution in [2.45, 2.75) is 5.54 Å². The molecule has 8 nitrogen and oxygen atoms in total. The summed E-state index contributed by atoms with van der Waals surface area (Å²) in [5.41, 5.74) is 0.571. The zero-order chi connectivity index (χ0) is 21.3. The van der Waals surface area contributed by atoms with Gasteiger partial charge in [0.05, 0.1) is 30.8 Å². The number of amides is 1. The average molecular weight is 435 g/mol. The van der Waals surface area contributed by atoms with Crippen molar-refractivity contribution >= 4 is 28.8 Å². The molecule has 1 amide bonds. The first-order valence-electron chi connectivity index (χ1n) is 9.72. The predicted molar refractivity (Wildman–Crippen MR) is 115 cm³/mol. The molecular weight excluding hydrogens is 417 g/mol. The monoisotopic (exact) mass is 435 g/mol. The number of hydrogen-bond acceptors (Lipinski definition) is 8. The lowest BCUT2D eigenvalue weighted by molar-refractivity contribution is 0.0977. The van der Waals surface area contributed by atoms with Crippen molar-refractivity contribution < 1.29 is 9.18 Å². The van der Waals surface area contributed by atoms with Gasteiger partial charge in [-0.15, -0.1) is 0 Å². The number of aromatic nitrogens is 4. The van der Waals surface area contributed by atoms with E-state index in [-0.39, 0.29) is 11.8 Å². The second kappa shape index (κ2) is 8.03. The lowest BCUT2D eigenvalue weighted by atomic mass is 9.86. The van der Waals surface area contributed by atoms with Crippen LogP contribution >= 0.6 is 11.8 Å². The number of halogens is 1. The maximum absolute atomic E-state index is 13.3. The van der Waals surface area contributed by atoms with Crippen LogP contribution in [0.3, 0.4) is 0 Å². The number of carbonyl (C=O) groups is 1. The Balaban J connectivity index is 1.49. The number of anilines is 1. The quantitative estimate of drug-likeness (QED) is 0.674. The Kier molecular flexibility index (Phi) is 5.06. The van der Waals surface area contributed by atoms with Crippen molar-refractivity contribution in [2.75, 3.05) is 23.7 Å². The smallest absolute Gasteiger partial charge is 0.257 e. The Morgan fingerprint density at radius 3 is 2.68 bits per heavy atom. The van der Waals surface area contributed by atoms with Crippen LogP contribution in [0.1, 0.15) is 16.1 Å². The van der Waals surface area contributed by atoms with Crippen molar-refractivity contribution in [3.8, 4) is 0 Å². The highest BCUT2D eigenvalue weighted by molar-refractivity contribution is 8.13. The predicted octanol–water partition coefficient (Wildman–Crippen LogP) is 2.27. The second-order valence-electron chi connectivity index (χ2n) is 7.34. The molecule has 2 unspecified atom stereocenters. The van der Waals surface area contributed by atoms with Crippen molar-refractivity contribution in [1.29, 1.82) is 0 Å². The highest BCUT2D eigenvalue weighted by Gasteiger charge is 2.52. The molecule has 2 aromatic heterocycles. The first kappa shape index (κ1) is 19.6. The summed E-state index contributed by atoms with van der Waals surface area (Å²) >= 11 is 1.50. The Hall–Kier alpha value is -3.40. The third kappa shape index (κ3) is 3.74. The van der Waals surface area contributed by atoms with E-state index in [0.29, 0.717) is 29.8 Å². The van der Waals surface area contributed by atoms with E-state index in [9.17, 15) is 9.18 Å². The Morgan fingerprint density at radius 2 is 1.94 bits per heavy atom. The summed E-state index contributed by atoms with van der Waals surface area (Å²) < 4.78 is 13.3. The summed E-state index contributed by atoms with van der Waals surface area (Å²) in [7, 11) is 0. The summed E-state index contributed by atoms with van der Waals surface area (Å²) in [6.07, 6.45) is 7.27. The van der Waals surface area contributed by atoms with E-state index in [1.54, 1.807) is 30.7 Å². The van der Waals surface area contributed by atoms with Gasteiger partial charge in [-0.3, -0.25) is 14.8 Å². The molecule has 2 aliphatic rings. The van der Waals surface area contributed by atoms with Gasteiger partial charge in [0.2, 0.25) is 5.95 Å². The van der Waals surface area contributed by atoms with Crippen molar-refractivity contribution in [3.05, 3.63) is 78.4 Å². The summed E-state index contributed by atoms with van der Waals surface area (Å²) in [4.78, 5) is 36.6. The molecule has 31 heavy (non-hydrogen) atoms. The molecule has 1 fully saturated rings. The zero-order valence-electron chi connectivity index (χ0n) is 16.3. The van der Waals surface area contributed by atoms with E-state index < -0.39 is 11.4 Å². The van der Waals surface area contributed by atoms with Crippen LogP contribution in [-0.4, -0.2) is 49.9 Å². The molecule has 4 heterocycles. The third-order valence-corrected chi connectivity index (χ3v) is 6.46. The highest BCUT2D eigenvalue weighted by Crippen LogP contribution is 2.45. The van der Waals surface area contributed by atoms with Gasteiger partial charge in [-0.25, -0.2) is 19.4 Å². The molecule has 10 heteroatoms. The molecule has 5 rings (SSSR count). The first-order chi connectivity index (χ1) is 15.1. The molecule has 0 spiro atoms. The van der Waals surface area contributed by atoms with Gasteiger partial charge < -0.3 is 10.2 Å². The summed E-state index contributed by atoms with van der Waals surface area (Å²) in [6, 6.07) is 9.02. The first-order valence-corrected chi connectivity index (χ1v) is 10.7. The van der Waals surface area contributed by atoms with Gasteiger partial charge in [0.25, 0.3) is 5.91 Å². The molecule has 0 radical (unpaired) electrons. The van der Waals surface area contributed by atoms with E-state index in [1.807, 2.05) is 23.1 Å². The Morgan fingerprint density at radius 1 is 1.13 bits per heavy atom. The average Bonchev–Trinajstić information content (AvgIpc) is 3.21. The fraction of sp³-hybridized carbons (Fsp3) is 0.238. The van der Waals surface area contributed by atoms with E-state index in [2.05, 4.69) is 25.3 Å². The van der Waals surface area contributed by atoms with Crippen LogP contribution < -0.4 is 10.2 Å². The molecule has 0 aliphatic carbocycles. The van der Waals surface area contributed by atoms with Crippen LogP contribution in [0.5, 0.6) is 0 Å². The highest BCUT2D eigenvalue weighted by atomic mass is 32.2. The molecule has 3 aromatic rings. The molecule has 0 bridgehead atoms. The van der Waals surface area contributed by atoms with Crippen LogP contribution in [0.25, 0.3) is 0 Å². The fourth-order valence-electron chi connectivity index (χ4n) is 3.93. The van der Waals surface area contributed by atoms with Crippen LogP contribution in [-0.2, 0) is 5.54 Å². The number of nitrogens with zero attached hydrogens (tertiary/aromatic N) is 6. The van der Waals surface area contributed by atoms with Gasteiger partial charge in [0, 0.05) is 36.2 Å². The van der Waals surface area contributed by atoms with Crippen molar-refractivity contribution in [2.24, 2.45) is 10.9 Å². The minimum atomic E-state index is -0.712. The lowest BCUT2D eigenvalue weighted by Gasteiger charge is -2.34. The van der Waals surface area contributed by atoms with Crippen LogP contribution in [0, 0.1) is 11.7 Å². The van der Waals surface area contributed by atoms with Gasteiger partial charge in [-0.2, -0.15) is 0 Å². The minimum Gasteiger partial charge on any atom is -0.338 e. The number of amidine groups is 1. The number of aliphatic imine (C=N–C) groups is 1. The Bertz CT molecular complexity index is 1110. The molecule has 0 saturated carbocycles. The number of rotatable bonds is 3. The third-order valence-electron chi connectivity index (χ3n) is 5.42. The maximum atomic E-state index is 13.3. The number of hydrogen-bond donors (Lipinski definition) is 1.